The van der Waals surface area contributed by atoms with E-state index in [9.17, 15) is 9.59 Å². The average molecular weight is 284 g/mol. The van der Waals surface area contributed by atoms with Crippen LogP contribution in [0.2, 0.25) is 0 Å². The van der Waals surface area contributed by atoms with Crippen molar-refractivity contribution in [2.24, 2.45) is 0 Å². The third-order valence-electron chi connectivity index (χ3n) is 4.06. The molecule has 1 saturated heterocycles. The van der Waals surface area contributed by atoms with Crippen LogP contribution >= 0.6 is 0 Å². The molecule has 2 atom stereocenters. The zero-order valence-electron chi connectivity index (χ0n) is 11.8. The summed E-state index contributed by atoms with van der Waals surface area (Å²) in [5, 5.41) is 14.6. The summed E-state index contributed by atoms with van der Waals surface area (Å²) in [5.74, 6) is -0.921. The number of aliphatic carboxylic acids is 1. The van der Waals surface area contributed by atoms with E-state index < -0.39 is 12.1 Å². The number of carbonyl (C=O) groups excluding carboxylic acids is 1. The molecule has 0 bridgehead atoms. The van der Waals surface area contributed by atoms with Crippen molar-refractivity contribution in [3.8, 4) is 0 Å². The van der Waals surface area contributed by atoms with E-state index in [-0.39, 0.29) is 18.2 Å². The second kappa shape index (κ2) is 7.47. The molecule has 2 fully saturated rings. The first-order valence-electron chi connectivity index (χ1n) is 7.58. The van der Waals surface area contributed by atoms with Gasteiger partial charge in [0.05, 0.1) is 6.10 Å². The summed E-state index contributed by atoms with van der Waals surface area (Å²) in [5.41, 5.74) is 0. The summed E-state index contributed by atoms with van der Waals surface area (Å²) < 4.78 is 5.34. The van der Waals surface area contributed by atoms with Crippen molar-refractivity contribution in [3.05, 3.63) is 0 Å². The van der Waals surface area contributed by atoms with Gasteiger partial charge in [0, 0.05) is 12.6 Å². The molecule has 1 heterocycles. The fourth-order valence-electron chi connectivity index (χ4n) is 2.90. The second-order valence-electron chi connectivity index (χ2n) is 5.71. The van der Waals surface area contributed by atoms with Gasteiger partial charge in [-0.2, -0.15) is 0 Å². The number of hydrogen-bond donors (Lipinski definition) is 3. The number of rotatable bonds is 4. The van der Waals surface area contributed by atoms with Crippen molar-refractivity contribution in [1.82, 2.24) is 10.6 Å². The molecular formula is C14H24N2O4. The lowest BCUT2D eigenvalue weighted by molar-refractivity contribution is -0.149. The molecule has 114 valence electrons. The Bertz CT molecular complexity index is 340. The predicted molar refractivity (Wildman–Crippen MR) is 73.6 cm³/mol. The summed E-state index contributed by atoms with van der Waals surface area (Å²) in [6, 6.07) is 0.105. The first-order chi connectivity index (χ1) is 9.65. The van der Waals surface area contributed by atoms with Crippen LogP contribution in [0.5, 0.6) is 0 Å². The molecule has 1 saturated carbocycles. The van der Waals surface area contributed by atoms with Crippen molar-refractivity contribution in [2.45, 2.75) is 69.6 Å². The van der Waals surface area contributed by atoms with Gasteiger partial charge in [-0.1, -0.05) is 25.7 Å². The number of ether oxygens (including phenoxy) is 1. The number of urea groups is 1. The summed E-state index contributed by atoms with van der Waals surface area (Å²) in [4.78, 5) is 22.6. The molecule has 0 radical (unpaired) electrons. The number of carboxylic acids is 1. The van der Waals surface area contributed by atoms with E-state index in [4.69, 9.17) is 9.84 Å². The Labute approximate surface area is 119 Å². The van der Waals surface area contributed by atoms with Crippen LogP contribution in [0, 0.1) is 0 Å². The Balaban J connectivity index is 1.64. The Kier molecular flexibility index (Phi) is 5.64. The molecule has 0 aromatic heterocycles. The lowest BCUT2D eigenvalue weighted by Crippen LogP contribution is -2.44. The Hall–Kier alpha value is -1.30. The summed E-state index contributed by atoms with van der Waals surface area (Å²) in [7, 11) is 0. The normalized spacial score (nSPS) is 27.8. The van der Waals surface area contributed by atoms with Crippen LogP contribution in [0.1, 0.15) is 51.4 Å². The second-order valence-corrected chi connectivity index (χ2v) is 5.71. The van der Waals surface area contributed by atoms with Crippen molar-refractivity contribution < 1.29 is 19.4 Å². The summed E-state index contributed by atoms with van der Waals surface area (Å²) in [6.45, 7) is 0.377. The van der Waals surface area contributed by atoms with Crippen LogP contribution in [-0.4, -0.2) is 41.9 Å². The Morgan fingerprint density at radius 3 is 2.35 bits per heavy atom. The van der Waals surface area contributed by atoms with E-state index in [2.05, 4.69) is 10.6 Å². The minimum atomic E-state index is -0.921. The molecule has 0 spiro atoms. The van der Waals surface area contributed by atoms with E-state index >= 15 is 0 Å². The molecule has 1 aliphatic heterocycles. The third-order valence-corrected chi connectivity index (χ3v) is 4.06. The van der Waals surface area contributed by atoms with Crippen LogP contribution in [0.25, 0.3) is 0 Å². The van der Waals surface area contributed by atoms with Gasteiger partial charge < -0.3 is 20.5 Å². The minimum Gasteiger partial charge on any atom is -0.479 e. The van der Waals surface area contributed by atoms with Gasteiger partial charge in [-0.25, -0.2) is 9.59 Å². The average Bonchev–Trinajstić information content (AvgIpc) is 2.75. The van der Waals surface area contributed by atoms with Crippen LogP contribution in [-0.2, 0) is 9.53 Å². The van der Waals surface area contributed by atoms with Crippen molar-refractivity contribution in [1.29, 1.82) is 0 Å². The Morgan fingerprint density at radius 1 is 1.05 bits per heavy atom. The molecular weight excluding hydrogens is 260 g/mol. The van der Waals surface area contributed by atoms with Crippen molar-refractivity contribution in [2.75, 3.05) is 6.54 Å². The van der Waals surface area contributed by atoms with E-state index in [1.165, 1.54) is 25.7 Å². The zero-order chi connectivity index (χ0) is 14.4. The third kappa shape index (κ3) is 4.67. The first-order valence-corrected chi connectivity index (χ1v) is 7.58. The van der Waals surface area contributed by atoms with Gasteiger partial charge in [0.1, 0.15) is 0 Å². The van der Waals surface area contributed by atoms with Crippen molar-refractivity contribution in [3.63, 3.8) is 0 Å². The van der Waals surface area contributed by atoms with Gasteiger partial charge in [-0.3, -0.25) is 0 Å². The van der Waals surface area contributed by atoms with Gasteiger partial charge >= 0.3 is 12.0 Å². The molecule has 6 heteroatoms. The topological polar surface area (TPSA) is 87.7 Å². The fourth-order valence-corrected chi connectivity index (χ4v) is 2.90. The molecule has 3 N–H and O–H groups in total. The van der Waals surface area contributed by atoms with Crippen LogP contribution < -0.4 is 10.6 Å². The molecule has 6 nitrogen and oxygen atoms in total. The highest BCUT2D eigenvalue weighted by molar-refractivity contribution is 5.74. The molecule has 20 heavy (non-hydrogen) atoms. The smallest absolute Gasteiger partial charge is 0.332 e. The highest BCUT2D eigenvalue weighted by Gasteiger charge is 2.30. The lowest BCUT2D eigenvalue weighted by atomic mass is 10.1. The maximum absolute atomic E-state index is 11.8. The molecule has 1 aliphatic carbocycles. The quantitative estimate of drug-likeness (QED) is 0.685. The van der Waals surface area contributed by atoms with Crippen LogP contribution in [0.3, 0.4) is 0 Å². The SMILES string of the molecule is O=C(NCC1CCC(C(=O)O)O1)NC1CCCCCC1. The van der Waals surface area contributed by atoms with Crippen LogP contribution in [0.15, 0.2) is 0 Å². The molecule has 0 aromatic carbocycles. The fraction of sp³-hybridized carbons (Fsp3) is 0.857. The van der Waals surface area contributed by atoms with Gasteiger partial charge in [0.25, 0.3) is 0 Å². The number of amides is 2. The first kappa shape index (κ1) is 15.1. The van der Waals surface area contributed by atoms with Gasteiger partial charge in [-0.05, 0) is 25.7 Å². The minimum absolute atomic E-state index is 0.167. The maximum atomic E-state index is 11.8. The number of nitrogens with one attached hydrogen (secondary N) is 2. The lowest BCUT2D eigenvalue weighted by Gasteiger charge is -2.18. The molecule has 2 aliphatic rings. The highest BCUT2D eigenvalue weighted by atomic mass is 16.5. The standard InChI is InChI=1S/C14H24N2O4/c17-13(18)12-8-7-11(20-12)9-15-14(19)16-10-5-3-1-2-4-6-10/h10-12H,1-9H2,(H,17,18)(H2,15,16,19). The van der Waals surface area contributed by atoms with E-state index in [1.54, 1.807) is 0 Å². The maximum Gasteiger partial charge on any atom is 0.332 e. The monoisotopic (exact) mass is 284 g/mol. The summed E-state index contributed by atoms with van der Waals surface area (Å²) in [6.07, 6.45) is 7.27. The van der Waals surface area contributed by atoms with Crippen LogP contribution in [0.4, 0.5) is 4.79 Å². The van der Waals surface area contributed by atoms with E-state index in [0.717, 1.165) is 12.8 Å². The molecule has 2 amide bonds. The van der Waals surface area contributed by atoms with E-state index in [0.29, 0.717) is 19.4 Å². The molecule has 0 aromatic rings. The van der Waals surface area contributed by atoms with Gasteiger partial charge in [-0.15, -0.1) is 0 Å². The molecule has 2 unspecified atom stereocenters. The van der Waals surface area contributed by atoms with Crippen molar-refractivity contribution >= 4 is 12.0 Å². The zero-order valence-corrected chi connectivity index (χ0v) is 11.8. The Morgan fingerprint density at radius 2 is 1.75 bits per heavy atom. The highest BCUT2D eigenvalue weighted by Crippen LogP contribution is 2.19. The van der Waals surface area contributed by atoms with E-state index in [1.807, 2.05) is 0 Å². The number of carboxylic acid groups (broad SMARTS) is 1. The summed E-state index contributed by atoms with van der Waals surface area (Å²) >= 11 is 0. The van der Waals surface area contributed by atoms with Gasteiger partial charge in [0.15, 0.2) is 6.10 Å². The molecule has 2 rings (SSSR count). The largest absolute Gasteiger partial charge is 0.479 e. The van der Waals surface area contributed by atoms with Gasteiger partial charge in [0.2, 0.25) is 0 Å². The predicted octanol–water partition coefficient (Wildman–Crippen LogP) is 1.64. The number of hydrogen-bond acceptors (Lipinski definition) is 3. The number of carbonyl (C=O) groups is 2.